The Labute approximate surface area is 249 Å². The average Bonchev–Trinajstić information content (AvgIpc) is 2.94. The van der Waals surface area contributed by atoms with Crippen LogP contribution in [0.15, 0.2) is 35.5 Å². The number of amides is 3. The van der Waals surface area contributed by atoms with Crippen LogP contribution >= 0.6 is 11.8 Å². The Morgan fingerprint density at radius 1 is 1.02 bits per heavy atom. The van der Waals surface area contributed by atoms with E-state index in [0.29, 0.717) is 23.4 Å². The molecule has 0 aromatic heterocycles. The van der Waals surface area contributed by atoms with E-state index in [2.05, 4.69) is 10.6 Å². The van der Waals surface area contributed by atoms with Crippen LogP contribution in [0.4, 0.5) is 5.69 Å². The molecule has 7 rings (SSSR count). The van der Waals surface area contributed by atoms with Gasteiger partial charge >= 0.3 is 11.9 Å². The Morgan fingerprint density at radius 3 is 2.26 bits per heavy atom. The molecule has 4 aliphatic carbocycles. The minimum absolute atomic E-state index is 0.0690. The number of fused-ring (bicyclic) bond motifs is 1. The number of ether oxygens (including phenoxy) is 2. The van der Waals surface area contributed by atoms with Crippen molar-refractivity contribution in [2.24, 2.45) is 23.2 Å². The molecule has 2 aliphatic heterocycles. The predicted molar refractivity (Wildman–Crippen MR) is 155 cm³/mol. The van der Waals surface area contributed by atoms with Gasteiger partial charge in [0, 0.05) is 30.4 Å². The minimum Gasteiger partial charge on any atom is -0.469 e. The Hall–Kier alpha value is -3.34. The number of nitrogens with zero attached hydrogens (tertiary/aromatic N) is 1. The van der Waals surface area contributed by atoms with E-state index in [0.717, 1.165) is 42.6 Å². The van der Waals surface area contributed by atoms with Crippen LogP contribution in [0.25, 0.3) is 0 Å². The Bertz CT molecular complexity index is 1300. The van der Waals surface area contributed by atoms with Gasteiger partial charge in [-0.05, 0) is 79.4 Å². The molecule has 1 saturated heterocycles. The first kappa shape index (κ1) is 28.8. The molecule has 42 heavy (non-hydrogen) atoms. The fraction of sp³-hybridized carbons (Fsp3) is 0.581. The summed E-state index contributed by atoms with van der Waals surface area (Å²) in [7, 11) is 1.32. The number of hydrogen-bond acceptors (Lipinski definition) is 8. The second kappa shape index (κ2) is 11.4. The number of benzene rings is 1. The Balaban J connectivity index is 1.14. The third kappa shape index (κ3) is 5.67. The van der Waals surface area contributed by atoms with Crippen LogP contribution in [-0.2, 0) is 39.9 Å². The molecule has 0 spiro atoms. The van der Waals surface area contributed by atoms with Gasteiger partial charge in [0.15, 0.2) is 0 Å². The SMILES string of the molecule is COC(=O)Cc1ccc(NC(=O)C2=C(COC(C)=O)CS[C@@H]3[C@H](NC(=O)CC45CC6CC(CC(C6)C4)C5)C(=O)N23)cc1. The van der Waals surface area contributed by atoms with Crippen molar-refractivity contribution in [3.8, 4) is 0 Å². The zero-order valence-corrected chi connectivity index (χ0v) is 24.8. The van der Waals surface area contributed by atoms with Crippen molar-refractivity contribution >= 4 is 47.1 Å². The highest BCUT2D eigenvalue weighted by molar-refractivity contribution is 8.00. The number of nitrogens with one attached hydrogen (secondary N) is 2. The number of carbonyl (C=O) groups is 5. The summed E-state index contributed by atoms with van der Waals surface area (Å²) in [6.07, 6.45) is 7.84. The van der Waals surface area contributed by atoms with Gasteiger partial charge < -0.3 is 20.1 Å². The van der Waals surface area contributed by atoms with E-state index in [4.69, 9.17) is 9.47 Å². The maximum absolute atomic E-state index is 13.5. The summed E-state index contributed by atoms with van der Waals surface area (Å²) in [5.41, 5.74) is 1.96. The second-order valence-electron chi connectivity index (χ2n) is 12.7. The predicted octanol–water partition coefficient (Wildman–Crippen LogP) is 3.16. The molecule has 11 heteroatoms. The first-order valence-corrected chi connectivity index (χ1v) is 15.7. The number of hydrogen-bond donors (Lipinski definition) is 2. The largest absolute Gasteiger partial charge is 0.469 e. The summed E-state index contributed by atoms with van der Waals surface area (Å²) in [5, 5.41) is 5.42. The topological polar surface area (TPSA) is 131 Å². The van der Waals surface area contributed by atoms with E-state index in [9.17, 15) is 24.0 Å². The molecule has 0 radical (unpaired) electrons. The molecule has 1 aromatic rings. The minimum atomic E-state index is -0.702. The molecular weight excluding hydrogens is 558 g/mol. The summed E-state index contributed by atoms with van der Waals surface area (Å²) < 4.78 is 9.90. The van der Waals surface area contributed by atoms with Gasteiger partial charge in [0.05, 0.1) is 13.5 Å². The molecule has 3 amide bonds. The lowest BCUT2D eigenvalue weighted by Crippen LogP contribution is -2.71. The van der Waals surface area contributed by atoms with Crippen LogP contribution in [-0.4, -0.2) is 65.4 Å². The molecule has 6 aliphatic rings. The lowest BCUT2D eigenvalue weighted by Gasteiger charge is -2.57. The van der Waals surface area contributed by atoms with Crippen molar-refractivity contribution in [2.45, 2.75) is 69.7 Å². The lowest BCUT2D eigenvalue weighted by molar-refractivity contribution is -0.148. The smallest absolute Gasteiger partial charge is 0.309 e. The van der Waals surface area contributed by atoms with Gasteiger partial charge in [-0.3, -0.25) is 28.9 Å². The standard InChI is InChI=1S/C31H37N3O7S/c1-17(35)41-15-22-16-42-30-26(33-24(36)14-31-11-19-7-20(12-31)9-21(8-19)13-31)29(39)34(30)27(22)28(38)32-23-5-3-18(4-6-23)10-25(37)40-2/h3-6,19-21,26,30H,7-16H2,1-2H3,(H,32,38)(H,33,36)/t19?,20?,21?,26-,30-,31?/m1/s1. The van der Waals surface area contributed by atoms with Crippen LogP contribution < -0.4 is 10.6 Å². The van der Waals surface area contributed by atoms with Crippen molar-refractivity contribution in [3.05, 3.63) is 41.1 Å². The number of β-lactam (4-membered cyclic amide) rings is 1. The fourth-order valence-electron chi connectivity index (χ4n) is 8.21. The highest BCUT2D eigenvalue weighted by atomic mass is 32.2. The Kier molecular flexibility index (Phi) is 7.80. The molecule has 4 saturated carbocycles. The molecule has 224 valence electrons. The van der Waals surface area contributed by atoms with Crippen molar-refractivity contribution in [1.82, 2.24) is 10.2 Å². The van der Waals surface area contributed by atoms with E-state index in [-0.39, 0.29) is 41.9 Å². The number of methoxy groups -OCH3 is 1. The summed E-state index contributed by atoms with van der Waals surface area (Å²) in [4.78, 5) is 64.8. The first-order chi connectivity index (χ1) is 20.1. The molecule has 0 unspecified atom stereocenters. The van der Waals surface area contributed by atoms with Gasteiger partial charge in [0.2, 0.25) is 5.91 Å². The average molecular weight is 596 g/mol. The van der Waals surface area contributed by atoms with Crippen LogP contribution in [0.1, 0.15) is 57.4 Å². The van der Waals surface area contributed by atoms with Crippen molar-refractivity contribution in [2.75, 3.05) is 24.8 Å². The number of rotatable bonds is 9. The van der Waals surface area contributed by atoms with E-state index in [1.807, 2.05) is 0 Å². The van der Waals surface area contributed by atoms with Crippen molar-refractivity contribution < 1.29 is 33.4 Å². The molecule has 4 bridgehead atoms. The molecule has 5 fully saturated rings. The van der Waals surface area contributed by atoms with E-state index < -0.39 is 23.3 Å². The van der Waals surface area contributed by atoms with Gasteiger partial charge in [-0.15, -0.1) is 11.8 Å². The van der Waals surface area contributed by atoms with E-state index in [1.165, 1.54) is 50.0 Å². The zero-order chi connectivity index (χ0) is 29.6. The van der Waals surface area contributed by atoms with Crippen LogP contribution in [0.2, 0.25) is 0 Å². The quantitative estimate of drug-likeness (QED) is 0.329. The van der Waals surface area contributed by atoms with Gasteiger partial charge in [-0.25, -0.2) is 0 Å². The van der Waals surface area contributed by atoms with Gasteiger partial charge in [0.1, 0.15) is 23.7 Å². The summed E-state index contributed by atoms with van der Waals surface area (Å²) >= 11 is 1.45. The highest BCUT2D eigenvalue weighted by Gasteiger charge is 2.55. The van der Waals surface area contributed by atoms with Crippen LogP contribution in [0.3, 0.4) is 0 Å². The zero-order valence-electron chi connectivity index (χ0n) is 24.0. The van der Waals surface area contributed by atoms with E-state index in [1.54, 1.807) is 24.3 Å². The number of carbonyl (C=O) groups excluding carboxylic acids is 5. The van der Waals surface area contributed by atoms with Crippen LogP contribution in [0.5, 0.6) is 0 Å². The molecule has 10 nitrogen and oxygen atoms in total. The normalized spacial score (nSPS) is 30.8. The van der Waals surface area contributed by atoms with Gasteiger partial charge in [-0.2, -0.15) is 0 Å². The maximum atomic E-state index is 13.5. The third-order valence-electron chi connectivity index (χ3n) is 9.52. The Morgan fingerprint density at radius 2 is 1.67 bits per heavy atom. The van der Waals surface area contributed by atoms with E-state index >= 15 is 0 Å². The fourth-order valence-corrected chi connectivity index (χ4v) is 9.53. The second-order valence-corrected chi connectivity index (χ2v) is 13.8. The van der Waals surface area contributed by atoms with Crippen molar-refractivity contribution in [1.29, 1.82) is 0 Å². The van der Waals surface area contributed by atoms with Crippen molar-refractivity contribution in [3.63, 3.8) is 0 Å². The number of esters is 2. The molecule has 2 atom stereocenters. The first-order valence-electron chi connectivity index (χ1n) is 14.7. The lowest BCUT2D eigenvalue weighted by atomic mass is 9.49. The molecule has 2 heterocycles. The van der Waals surface area contributed by atoms with Gasteiger partial charge in [0.25, 0.3) is 11.8 Å². The third-order valence-corrected chi connectivity index (χ3v) is 10.9. The number of anilines is 1. The molecular formula is C31H37N3O7S. The summed E-state index contributed by atoms with van der Waals surface area (Å²) in [6, 6.07) is 6.06. The number of thioether (sulfide) groups is 1. The van der Waals surface area contributed by atoms with Crippen LogP contribution in [0, 0.1) is 23.2 Å². The molecule has 1 aromatic carbocycles. The monoisotopic (exact) mass is 595 g/mol. The van der Waals surface area contributed by atoms with Gasteiger partial charge in [-0.1, -0.05) is 12.1 Å². The molecule has 2 N–H and O–H groups in total. The maximum Gasteiger partial charge on any atom is 0.309 e. The highest BCUT2D eigenvalue weighted by Crippen LogP contribution is 2.61. The summed E-state index contributed by atoms with van der Waals surface area (Å²) in [5.74, 6) is 0.820. The summed E-state index contributed by atoms with van der Waals surface area (Å²) in [6.45, 7) is 1.18.